The lowest BCUT2D eigenvalue weighted by molar-refractivity contribution is 0.340. The monoisotopic (exact) mass is 244 g/mol. The van der Waals surface area contributed by atoms with Crippen LogP contribution >= 0.6 is 15.9 Å². The first-order valence-electron chi connectivity index (χ1n) is 4.10. The van der Waals surface area contributed by atoms with Gasteiger partial charge in [-0.25, -0.2) is 0 Å². The van der Waals surface area contributed by atoms with Gasteiger partial charge < -0.3 is 10.2 Å². The Labute approximate surface area is 86.4 Å². The van der Waals surface area contributed by atoms with E-state index in [1.54, 1.807) is 0 Å². The smallest absolute Gasteiger partial charge is 0.119 e. The van der Waals surface area contributed by atoms with Gasteiger partial charge in [-0.05, 0) is 30.7 Å². The van der Waals surface area contributed by atoms with E-state index in [2.05, 4.69) is 21.4 Å². The second-order valence-corrected chi connectivity index (χ2v) is 3.09. The van der Waals surface area contributed by atoms with Gasteiger partial charge in [0.25, 0.3) is 0 Å². The first kappa shape index (κ1) is 10.3. The van der Waals surface area contributed by atoms with E-state index in [-0.39, 0.29) is 0 Å². The van der Waals surface area contributed by atoms with Gasteiger partial charge in [-0.1, -0.05) is 15.9 Å². The predicted octanol–water partition coefficient (Wildman–Crippen LogP) is 2.27. The Morgan fingerprint density at radius 2 is 2.31 bits per heavy atom. The number of halogens is 1. The van der Waals surface area contributed by atoms with Gasteiger partial charge in [0.1, 0.15) is 5.75 Å². The molecule has 0 atom stereocenters. The number of nitrogens with one attached hydrogen (secondary N) is 1. The lowest BCUT2D eigenvalue weighted by Gasteiger charge is -2.09. The minimum absolute atomic E-state index is 0.678. The van der Waals surface area contributed by atoms with Crippen LogP contribution in [0.3, 0.4) is 0 Å². The zero-order valence-electron chi connectivity index (χ0n) is 7.51. The molecule has 3 N–H and O–H groups in total. The van der Waals surface area contributed by atoms with E-state index in [9.17, 15) is 0 Å². The van der Waals surface area contributed by atoms with Gasteiger partial charge in [0.05, 0.1) is 12.3 Å². The van der Waals surface area contributed by atoms with Crippen molar-refractivity contribution in [2.24, 2.45) is 5.84 Å². The summed E-state index contributed by atoms with van der Waals surface area (Å²) in [6.07, 6.45) is 0. The topological polar surface area (TPSA) is 47.3 Å². The zero-order chi connectivity index (χ0) is 9.68. The highest BCUT2D eigenvalue weighted by molar-refractivity contribution is 9.08. The molecule has 1 aromatic carbocycles. The molecular formula is C9H13BrN2O. The molecule has 0 amide bonds. The first-order chi connectivity index (χ1) is 6.31. The molecule has 3 nitrogen and oxygen atoms in total. The number of nitrogens with two attached hydrogens (primary N) is 1. The minimum Gasteiger partial charge on any atom is -0.494 e. The maximum atomic E-state index is 5.36. The van der Waals surface area contributed by atoms with Crippen LogP contribution in [0.4, 0.5) is 5.69 Å². The van der Waals surface area contributed by atoms with E-state index in [1.807, 2.05) is 25.1 Å². The summed E-state index contributed by atoms with van der Waals surface area (Å²) in [6, 6.07) is 5.76. The Bertz CT molecular complexity index is 278. The first-order valence-corrected chi connectivity index (χ1v) is 5.22. The van der Waals surface area contributed by atoms with Crippen LogP contribution in [-0.2, 0) is 5.33 Å². The summed E-state index contributed by atoms with van der Waals surface area (Å²) < 4.78 is 5.36. The molecule has 0 radical (unpaired) electrons. The van der Waals surface area contributed by atoms with E-state index in [0.717, 1.165) is 22.3 Å². The van der Waals surface area contributed by atoms with E-state index >= 15 is 0 Å². The number of benzene rings is 1. The van der Waals surface area contributed by atoms with Crippen molar-refractivity contribution in [3.8, 4) is 5.75 Å². The number of ether oxygens (including phenoxy) is 1. The standard InChI is InChI=1S/C9H13BrN2O/c1-2-13-8-3-4-9(12-11)7(5-8)6-10/h3-5,12H,2,6,11H2,1H3. The van der Waals surface area contributed by atoms with Crippen molar-refractivity contribution in [1.29, 1.82) is 0 Å². The average molecular weight is 245 g/mol. The molecule has 0 fully saturated rings. The molecule has 0 aliphatic rings. The maximum Gasteiger partial charge on any atom is 0.119 e. The van der Waals surface area contributed by atoms with Gasteiger partial charge >= 0.3 is 0 Å². The highest BCUT2D eigenvalue weighted by Gasteiger charge is 2.01. The second-order valence-electron chi connectivity index (χ2n) is 2.53. The predicted molar refractivity (Wildman–Crippen MR) is 58.1 cm³/mol. The summed E-state index contributed by atoms with van der Waals surface area (Å²) in [5.41, 5.74) is 4.64. The normalized spacial score (nSPS) is 9.77. The number of hydrogen-bond acceptors (Lipinski definition) is 3. The Morgan fingerprint density at radius 1 is 1.54 bits per heavy atom. The van der Waals surface area contributed by atoms with Gasteiger partial charge in [0.15, 0.2) is 0 Å². The molecule has 4 heteroatoms. The van der Waals surface area contributed by atoms with E-state index in [0.29, 0.717) is 6.61 Å². The van der Waals surface area contributed by atoms with Crippen molar-refractivity contribution < 1.29 is 4.74 Å². The third kappa shape index (κ3) is 2.60. The molecule has 0 aliphatic carbocycles. The summed E-state index contributed by atoms with van der Waals surface area (Å²) in [5.74, 6) is 6.21. The van der Waals surface area contributed by atoms with E-state index in [1.165, 1.54) is 0 Å². The lowest BCUT2D eigenvalue weighted by atomic mass is 10.2. The molecule has 0 heterocycles. The van der Waals surface area contributed by atoms with Crippen molar-refractivity contribution in [2.75, 3.05) is 12.0 Å². The van der Waals surface area contributed by atoms with Crippen molar-refractivity contribution >= 4 is 21.6 Å². The number of rotatable bonds is 4. The second kappa shape index (κ2) is 5.09. The summed E-state index contributed by atoms with van der Waals surface area (Å²) >= 11 is 3.38. The van der Waals surface area contributed by atoms with Gasteiger partial charge in [-0.2, -0.15) is 0 Å². The molecule has 0 bridgehead atoms. The minimum atomic E-state index is 0.678. The highest BCUT2D eigenvalue weighted by Crippen LogP contribution is 2.23. The molecule has 0 unspecified atom stereocenters. The largest absolute Gasteiger partial charge is 0.494 e. The molecular weight excluding hydrogens is 232 g/mol. The number of anilines is 1. The SMILES string of the molecule is CCOc1ccc(NN)c(CBr)c1. The Kier molecular flexibility index (Phi) is 4.05. The van der Waals surface area contributed by atoms with Crippen molar-refractivity contribution in [2.45, 2.75) is 12.3 Å². The molecule has 72 valence electrons. The third-order valence-electron chi connectivity index (χ3n) is 1.69. The van der Waals surface area contributed by atoms with Gasteiger partial charge in [0, 0.05) is 5.33 Å². The summed E-state index contributed by atoms with van der Waals surface area (Å²) in [7, 11) is 0. The number of hydrazine groups is 1. The number of nitrogen functional groups attached to an aromatic ring is 1. The molecule has 1 aromatic rings. The summed E-state index contributed by atoms with van der Waals surface area (Å²) in [6.45, 7) is 2.64. The average Bonchev–Trinajstić information content (AvgIpc) is 2.18. The Morgan fingerprint density at radius 3 is 2.85 bits per heavy atom. The quantitative estimate of drug-likeness (QED) is 0.486. The highest BCUT2D eigenvalue weighted by atomic mass is 79.9. The van der Waals surface area contributed by atoms with Crippen molar-refractivity contribution in [3.05, 3.63) is 23.8 Å². The molecule has 0 spiro atoms. The fraction of sp³-hybridized carbons (Fsp3) is 0.333. The van der Waals surface area contributed by atoms with Crippen LogP contribution in [0.1, 0.15) is 12.5 Å². The van der Waals surface area contributed by atoms with Crippen LogP contribution in [0.2, 0.25) is 0 Å². The maximum absolute atomic E-state index is 5.36. The van der Waals surface area contributed by atoms with Crippen LogP contribution < -0.4 is 16.0 Å². The van der Waals surface area contributed by atoms with Crippen LogP contribution in [0.5, 0.6) is 5.75 Å². The Hall–Kier alpha value is -0.740. The van der Waals surface area contributed by atoms with E-state index < -0.39 is 0 Å². The zero-order valence-corrected chi connectivity index (χ0v) is 9.10. The summed E-state index contributed by atoms with van der Waals surface area (Å²) in [4.78, 5) is 0. The third-order valence-corrected chi connectivity index (χ3v) is 2.29. The number of alkyl halides is 1. The molecule has 0 saturated heterocycles. The van der Waals surface area contributed by atoms with Crippen molar-refractivity contribution in [3.63, 3.8) is 0 Å². The van der Waals surface area contributed by atoms with Crippen molar-refractivity contribution in [1.82, 2.24) is 0 Å². The Balaban J connectivity index is 2.91. The van der Waals surface area contributed by atoms with Crippen LogP contribution in [0.25, 0.3) is 0 Å². The van der Waals surface area contributed by atoms with Gasteiger partial charge in [-0.15, -0.1) is 0 Å². The van der Waals surface area contributed by atoms with E-state index in [4.69, 9.17) is 10.6 Å². The number of hydrogen-bond donors (Lipinski definition) is 2. The van der Waals surface area contributed by atoms with Crippen LogP contribution in [0.15, 0.2) is 18.2 Å². The molecule has 1 rings (SSSR count). The molecule has 13 heavy (non-hydrogen) atoms. The molecule has 0 aromatic heterocycles. The van der Waals surface area contributed by atoms with Crippen LogP contribution in [-0.4, -0.2) is 6.61 Å². The fourth-order valence-electron chi connectivity index (χ4n) is 1.08. The van der Waals surface area contributed by atoms with Gasteiger partial charge in [0.2, 0.25) is 0 Å². The molecule has 0 aliphatic heterocycles. The molecule has 0 saturated carbocycles. The van der Waals surface area contributed by atoms with Gasteiger partial charge in [-0.3, -0.25) is 5.84 Å². The fourth-order valence-corrected chi connectivity index (χ4v) is 1.54. The lowest BCUT2D eigenvalue weighted by Crippen LogP contribution is -2.08. The summed E-state index contributed by atoms with van der Waals surface area (Å²) in [5, 5.41) is 0.757. The van der Waals surface area contributed by atoms with Crippen LogP contribution in [0, 0.1) is 0 Å².